The predicted molar refractivity (Wildman–Crippen MR) is 103 cm³/mol. The van der Waals surface area contributed by atoms with Gasteiger partial charge in [-0.1, -0.05) is 0 Å². The molecule has 0 saturated heterocycles. The summed E-state index contributed by atoms with van der Waals surface area (Å²) in [6, 6.07) is 13.1. The summed E-state index contributed by atoms with van der Waals surface area (Å²) in [6.07, 6.45) is 5.20. The average molecular weight is 359 g/mol. The average Bonchev–Trinajstić information content (AvgIpc) is 2.73. The Morgan fingerprint density at radius 1 is 0.889 bits per heavy atom. The number of anilines is 2. The maximum absolute atomic E-state index is 5.30. The van der Waals surface area contributed by atoms with Gasteiger partial charge in [0.15, 0.2) is 5.65 Å². The van der Waals surface area contributed by atoms with E-state index in [1.54, 1.807) is 32.8 Å². The molecule has 0 unspecified atom stereocenters. The third-order valence-corrected chi connectivity index (χ3v) is 3.99. The highest BCUT2D eigenvalue weighted by Crippen LogP contribution is 2.28. The number of pyridine rings is 2. The molecule has 134 valence electrons. The molecule has 0 aliphatic heterocycles. The van der Waals surface area contributed by atoms with Crippen molar-refractivity contribution in [2.24, 2.45) is 0 Å². The first kappa shape index (κ1) is 16.7. The smallest absolute Gasteiger partial charge is 0.180 e. The lowest BCUT2D eigenvalue weighted by Gasteiger charge is -2.10. The summed E-state index contributed by atoms with van der Waals surface area (Å²) in [5.41, 5.74) is 3.69. The Kier molecular flexibility index (Phi) is 4.49. The van der Waals surface area contributed by atoms with Crippen LogP contribution in [-0.2, 0) is 0 Å². The number of ether oxygens (including phenoxy) is 2. The normalized spacial score (nSPS) is 10.6. The standard InChI is InChI=1S/C20H17N5O2/c1-26-15-8-14(9-16(10-15)27-2)23-19-6-5-17-20(25-19)24-18(12-22-17)13-4-3-7-21-11-13/h3-12H,1-2H3,(H,23,24,25). The van der Waals surface area contributed by atoms with E-state index in [4.69, 9.17) is 9.47 Å². The Bertz CT molecular complexity index is 1060. The first-order chi connectivity index (χ1) is 13.2. The van der Waals surface area contributed by atoms with E-state index in [-0.39, 0.29) is 0 Å². The summed E-state index contributed by atoms with van der Waals surface area (Å²) >= 11 is 0. The number of nitrogens with one attached hydrogen (secondary N) is 1. The lowest BCUT2D eigenvalue weighted by molar-refractivity contribution is 0.395. The number of fused-ring (bicyclic) bond motifs is 1. The molecule has 7 nitrogen and oxygen atoms in total. The van der Waals surface area contributed by atoms with Crippen molar-refractivity contribution < 1.29 is 9.47 Å². The molecule has 4 rings (SSSR count). The molecule has 3 heterocycles. The Labute approximate surface area is 156 Å². The molecule has 7 heteroatoms. The fourth-order valence-corrected chi connectivity index (χ4v) is 2.65. The maximum Gasteiger partial charge on any atom is 0.180 e. The summed E-state index contributed by atoms with van der Waals surface area (Å²) in [6.45, 7) is 0. The Morgan fingerprint density at radius 3 is 2.41 bits per heavy atom. The minimum atomic E-state index is 0.552. The zero-order valence-electron chi connectivity index (χ0n) is 14.9. The predicted octanol–water partition coefficient (Wildman–Crippen LogP) is 3.85. The number of rotatable bonds is 5. The van der Waals surface area contributed by atoms with E-state index in [9.17, 15) is 0 Å². The van der Waals surface area contributed by atoms with Crippen LogP contribution in [0.2, 0.25) is 0 Å². The molecule has 0 fully saturated rings. The van der Waals surface area contributed by atoms with Crippen molar-refractivity contribution >= 4 is 22.7 Å². The Morgan fingerprint density at radius 2 is 1.70 bits per heavy atom. The summed E-state index contributed by atoms with van der Waals surface area (Å²) in [5.74, 6) is 2.03. The molecule has 0 aliphatic carbocycles. The summed E-state index contributed by atoms with van der Waals surface area (Å²) in [4.78, 5) is 17.8. The van der Waals surface area contributed by atoms with Gasteiger partial charge in [-0.2, -0.15) is 0 Å². The number of methoxy groups -OCH3 is 2. The van der Waals surface area contributed by atoms with Crippen LogP contribution in [0.5, 0.6) is 11.5 Å². The van der Waals surface area contributed by atoms with Gasteiger partial charge in [0.25, 0.3) is 0 Å². The van der Waals surface area contributed by atoms with Crippen LogP contribution in [0, 0.1) is 0 Å². The van der Waals surface area contributed by atoms with Crippen LogP contribution in [0.4, 0.5) is 11.5 Å². The second kappa shape index (κ2) is 7.25. The molecule has 0 radical (unpaired) electrons. The van der Waals surface area contributed by atoms with Gasteiger partial charge in [0.2, 0.25) is 0 Å². The van der Waals surface area contributed by atoms with Gasteiger partial charge in [-0.15, -0.1) is 0 Å². The zero-order valence-corrected chi connectivity index (χ0v) is 14.9. The fourth-order valence-electron chi connectivity index (χ4n) is 2.65. The monoisotopic (exact) mass is 359 g/mol. The molecule has 27 heavy (non-hydrogen) atoms. The second-order valence-corrected chi connectivity index (χ2v) is 5.76. The van der Waals surface area contributed by atoms with E-state index in [2.05, 4.69) is 25.3 Å². The molecular weight excluding hydrogens is 342 g/mol. The maximum atomic E-state index is 5.30. The van der Waals surface area contributed by atoms with Crippen LogP contribution in [-0.4, -0.2) is 34.2 Å². The molecule has 1 aromatic carbocycles. The third kappa shape index (κ3) is 3.62. The van der Waals surface area contributed by atoms with E-state index < -0.39 is 0 Å². The lowest BCUT2D eigenvalue weighted by Crippen LogP contribution is -1.98. The van der Waals surface area contributed by atoms with Gasteiger partial charge in [0, 0.05) is 41.8 Å². The van der Waals surface area contributed by atoms with E-state index >= 15 is 0 Å². The molecule has 3 aromatic heterocycles. The molecule has 4 aromatic rings. The van der Waals surface area contributed by atoms with Gasteiger partial charge in [-0.05, 0) is 24.3 Å². The van der Waals surface area contributed by atoms with E-state index in [1.807, 2.05) is 42.5 Å². The largest absolute Gasteiger partial charge is 0.497 e. The van der Waals surface area contributed by atoms with Gasteiger partial charge < -0.3 is 14.8 Å². The molecule has 1 N–H and O–H groups in total. The summed E-state index contributed by atoms with van der Waals surface area (Å²) in [7, 11) is 3.23. The lowest BCUT2D eigenvalue weighted by atomic mass is 10.2. The van der Waals surface area contributed by atoms with Crippen molar-refractivity contribution in [2.75, 3.05) is 19.5 Å². The SMILES string of the molecule is COc1cc(Nc2ccc3ncc(-c4cccnc4)nc3n2)cc(OC)c1. The van der Waals surface area contributed by atoms with Crippen molar-refractivity contribution in [3.63, 3.8) is 0 Å². The molecule has 0 amide bonds. The van der Waals surface area contributed by atoms with Crippen LogP contribution >= 0.6 is 0 Å². The van der Waals surface area contributed by atoms with Gasteiger partial charge in [0.1, 0.15) is 22.8 Å². The van der Waals surface area contributed by atoms with Crippen LogP contribution in [0.1, 0.15) is 0 Å². The van der Waals surface area contributed by atoms with Crippen LogP contribution < -0.4 is 14.8 Å². The fraction of sp³-hybridized carbons (Fsp3) is 0.100. The first-order valence-corrected chi connectivity index (χ1v) is 8.29. The summed E-state index contributed by atoms with van der Waals surface area (Å²) < 4.78 is 10.6. The molecule has 0 bridgehead atoms. The number of benzene rings is 1. The van der Waals surface area contributed by atoms with Crippen molar-refractivity contribution in [1.29, 1.82) is 0 Å². The number of hydrogen-bond acceptors (Lipinski definition) is 7. The minimum Gasteiger partial charge on any atom is -0.497 e. The highest BCUT2D eigenvalue weighted by molar-refractivity contribution is 5.76. The number of hydrogen-bond donors (Lipinski definition) is 1. The topological polar surface area (TPSA) is 82.0 Å². The van der Waals surface area contributed by atoms with Gasteiger partial charge in [-0.3, -0.25) is 9.97 Å². The molecule has 0 spiro atoms. The first-order valence-electron chi connectivity index (χ1n) is 8.29. The highest BCUT2D eigenvalue weighted by Gasteiger charge is 2.07. The van der Waals surface area contributed by atoms with Crippen molar-refractivity contribution in [1.82, 2.24) is 19.9 Å². The quantitative estimate of drug-likeness (QED) is 0.579. The van der Waals surface area contributed by atoms with E-state index in [0.29, 0.717) is 23.0 Å². The van der Waals surface area contributed by atoms with Gasteiger partial charge in [0.05, 0.1) is 26.1 Å². The van der Waals surface area contributed by atoms with Crippen molar-refractivity contribution in [2.45, 2.75) is 0 Å². The van der Waals surface area contributed by atoms with Crippen LogP contribution in [0.3, 0.4) is 0 Å². The van der Waals surface area contributed by atoms with Crippen molar-refractivity contribution in [3.05, 3.63) is 61.1 Å². The molecule has 0 aliphatic rings. The zero-order chi connectivity index (χ0) is 18.6. The van der Waals surface area contributed by atoms with Crippen molar-refractivity contribution in [3.8, 4) is 22.8 Å². The Balaban J connectivity index is 1.69. The minimum absolute atomic E-state index is 0.552. The molecule has 0 atom stereocenters. The van der Waals surface area contributed by atoms with Crippen LogP contribution in [0.15, 0.2) is 61.1 Å². The molecule has 0 saturated carbocycles. The second-order valence-electron chi connectivity index (χ2n) is 5.76. The van der Waals surface area contributed by atoms with Gasteiger partial charge in [-0.25, -0.2) is 9.97 Å². The van der Waals surface area contributed by atoms with E-state index in [1.165, 1.54) is 0 Å². The van der Waals surface area contributed by atoms with E-state index in [0.717, 1.165) is 22.5 Å². The van der Waals surface area contributed by atoms with Gasteiger partial charge >= 0.3 is 0 Å². The van der Waals surface area contributed by atoms with Crippen LogP contribution in [0.25, 0.3) is 22.4 Å². The number of aromatic nitrogens is 4. The Hall–Kier alpha value is -3.74. The molecular formula is C20H17N5O2. The highest BCUT2D eigenvalue weighted by atomic mass is 16.5. The number of nitrogens with zero attached hydrogens (tertiary/aromatic N) is 4. The summed E-state index contributed by atoms with van der Waals surface area (Å²) in [5, 5.41) is 3.25. The third-order valence-electron chi connectivity index (χ3n) is 3.99.